The number of phenolic OH excluding ortho intramolecular Hbond substituents is 1. The van der Waals surface area contributed by atoms with Gasteiger partial charge in [0.25, 0.3) is 0 Å². The van der Waals surface area contributed by atoms with Gasteiger partial charge < -0.3 is 29.7 Å². The van der Waals surface area contributed by atoms with Gasteiger partial charge in [0, 0.05) is 8.95 Å². The Bertz CT molecular complexity index is 693. The molecule has 2 aromatic rings. The number of benzene rings is 2. The number of hydrogen-bond acceptors (Lipinski definition) is 5. The van der Waals surface area contributed by atoms with Gasteiger partial charge in [-0.3, -0.25) is 0 Å². The second kappa shape index (κ2) is 14.8. The second-order valence-electron chi connectivity index (χ2n) is 6.68. The van der Waals surface area contributed by atoms with Gasteiger partial charge in [0.05, 0.1) is 61.7 Å². The molecule has 1 saturated heterocycles. The summed E-state index contributed by atoms with van der Waals surface area (Å²) in [6, 6.07) is 7.32. The monoisotopic (exact) mass is 687 g/mol. The van der Waals surface area contributed by atoms with E-state index in [2.05, 4.69) is 69.0 Å². The molecule has 0 amide bonds. The molecule has 0 aromatic heterocycles. The van der Waals surface area contributed by atoms with Crippen LogP contribution < -0.4 is 10.4 Å². The van der Waals surface area contributed by atoms with Crippen LogP contribution in [0.5, 0.6) is 11.5 Å². The van der Waals surface area contributed by atoms with Crippen LogP contribution in [-0.4, -0.2) is 57.8 Å². The highest BCUT2D eigenvalue weighted by Crippen LogP contribution is 2.35. The Morgan fingerprint density at radius 3 is 1.55 bits per heavy atom. The lowest BCUT2D eigenvalue weighted by molar-refractivity contribution is -0.657. The number of phenols is 1. The SMILES string of the molecule is C1COCCOCCOCC[NH2+]1.[O-]c1c(Br)cc(Cc2cc(Br)c(O)c(Br)c2)cc1Br. The predicted octanol–water partition coefficient (Wildman–Crippen LogP) is 3.72. The lowest BCUT2D eigenvalue weighted by atomic mass is 10.0. The smallest absolute Gasteiger partial charge is 0.143 e. The zero-order valence-electron chi connectivity index (χ0n) is 16.8. The van der Waals surface area contributed by atoms with Gasteiger partial charge in [-0.1, -0.05) is 37.6 Å². The molecule has 3 N–H and O–H groups in total. The van der Waals surface area contributed by atoms with Crippen molar-refractivity contribution in [3.63, 3.8) is 0 Å². The molecule has 1 aliphatic heterocycles. The van der Waals surface area contributed by atoms with Crippen molar-refractivity contribution >= 4 is 63.7 Å². The van der Waals surface area contributed by atoms with Crippen LogP contribution >= 0.6 is 63.7 Å². The Morgan fingerprint density at radius 2 is 1.10 bits per heavy atom. The van der Waals surface area contributed by atoms with Crippen LogP contribution in [0.25, 0.3) is 0 Å². The summed E-state index contributed by atoms with van der Waals surface area (Å²) in [7, 11) is 0. The summed E-state index contributed by atoms with van der Waals surface area (Å²) in [6.07, 6.45) is 0.662. The van der Waals surface area contributed by atoms with Crippen molar-refractivity contribution in [3.05, 3.63) is 53.3 Å². The molecule has 0 bridgehead atoms. The maximum absolute atomic E-state index is 11.6. The predicted molar refractivity (Wildman–Crippen MR) is 132 cm³/mol. The third-order valence-corrected chi connectivity index (χ3v) is 6.61. The van der Waals surface area contributed by atoms with Crippen LogP contribution in [0.4, 0.5) is 0 Å². The first-order valence-corrected chi connectivity index (χ1v) is 12.9. The molecule has 3 rings (SSSR count). The van der Waals surface area contributed by atoms with Crippen LogP contribution in [0.15, 0.2) is 42.2 Å². The maximum Gasteiger partial charge on any atom is 0.143 e. The van der Waals surface area contributed by atoms with Gasteiger partial charge in [0.1, 0.15) is 5.75 Å². The third-order valence-electron chi connectivity index (χ3n) is 4.22. The second-order valence-corrected chi connectivity index (χ2v) is 10.1. The number of hydrogen-bond donors (Lipinski definition) is 2. The first-order valence-electron chi connectivity index (χ1n) is 9.75. The van der Waals surface area contributed by atoms with Crippen molar-refractivity contribution < 1.29 is 29.7 Å². The summed E-state index contributed by atoms with van der Waals surface area (Å²) < 4.78 is 18.2. The van der Waals surface area contributed by atoms with Crippen molar-refractivity contribution in [3.8, 4) is 11.5 Å². The van der Waals surface area contributed by atoms with Crippen molar-refractivity contribution in [2.75, 3.05) is 52.7 Å². The number of aromatic hydroxyl groups is 1. The highest BCUT2D eigenvalue weighted by molar-refractivity contribution is 9.11. The minimum absolute atomic E-state index is 0.0585. The summed E-state index contributed by atoms with van der Waals surface area (Å²) in [5.74, 6) is 0.123. The summed E-state index contributed by atoms with van der Waals surface area (Å²) >= 11 is 13.1. The molecule has 1 heterocycles. The van der Waals surface area contributed by atoms with Crippen molar-refractivity contribution in [1.82, 2.24) is 0 Å². The van der Waals surface area contributed by atoms with E-state index in [9.17, 15) is 10.2 Å². The van der Waals surface area contributed by atoms with Gasteiger partial charge in [-0.15, -0.1) is 0 Å². The van der Waals surface area contributed by atoms with E-state index in [-0.39, 0.29) is 11.5 Å². The number of ether oxygens (including phenoxy) is 3. The molecular formula is C21H25Br4NO5. The zero-order valence-corrected chi connectivity index (χ0v) is 23.2. The summed E-state index contributed by atoms with van der Waals surface area (Å²) in [4.78, 5) is 0. The van der Waals surface area contributed by atoms with Crippen LogP contribution in [-0.2, 0) is 20.6 Å². The molecule has 0 saturated carbocycles. The van der Waals surface area contributed by atoms with Crippen LogP contribution in [0.2, 0.25) is 0 Å². The molecule has 0 aliphatic carbocycles. The fourth-order valence-corrected chi connectivity index (χ4v) is 5.25. The quantitative estimate of drug-likeness (QED) is 0.502. The Kier molecular flexibility index (Phi) is 13.0. The van der Waals surface area contributed by atoms with Crippen LogP contribution in [0.1, 0.15) is 11.1 Å². The lowest BCUT2D eigenvalue weighted by Crippen LogP contribution is -2.86. The fourth-order valence-electron chi connectivity index (χ4n) is 2.69. The van der Waals surface area contributed by atoms with E-state index in [1.165, 1.54) is 0 Å². The molecule has 10 heteroatoms. The topological polar surface area (TPSA) is 87.6 Å². The molecule has 0 radical (unpaired) electrons. The van der Waals surface area contributed by atoms with E-state index in [0.717, 1.165) is 37.4 Å². The van der Waals surface area contributed by atoms with Gasteiger partial charge in [0.15, 0.2) is 0 Å². The average molecular weight is 691 g/mol. The maximum atomic E-state index is 11.6. The van der Waals surface area contributed by atoms with Crippen LogP contribution in [0, 0.1) is 0 Å². The molecule has 0 spiro atoms. The van der Waals surface area contributed by atoms with E-state index >= 15 is 0 Å². The molecule has 0 atom stereocenters. The van der Waals surface area contributed by atoms with E-state index < -0.39 is 0 Å². The third kappa shape index (κ3) is 10.1. The zero-order chi connectivity index (χ0) is 22.6. The molecule has 0 unspecified atom stereocenters. The van der Waals surface area contributed by atoms with E-state index in [4.69, 9.17) is 14.2 Å². The standard InChI is InChI=1S/C13H8Br4O2.C8H17NO3/c14-8-2-6(3-9(15)12(8)18)1-7-4-10(16)13(19)11(17)5-7;1-3-10-5-7-12-8-6-11-4-2-9-1/h2-5,18-19H,1H2;9H,1-8H2. The molecule has 172 valence electrons. The number of nitrogens with two attached hydrogens (primary N) is 1. The van der Waals surface area contributed by atoms with Crippen molar-refractivity contribution in [1.29, 1.82) is 0 Å². The minimum atomic E-state index is -0.0585. The molecule has 1 aliphatic rings. The van der Waals surface area contributed by atoms with Crippen LogP contribution in [0.3, 0.4) is 0 Å². The highest BCUT2D eigenvalue weighted by atomic mass is 79.9. The van der Waals surface area contributed by atoms with Gasteiger partial charge in [0.2, 0.25) is 0 Å². The van der Waals surface area contributed by atoms with Gasteiger partial charge in [-0.05, 0) is 73.7 Å². The van der Waals surface area contributed by atoms with E-state index in [0.29, 0.717) is 50.7 Å². The largest absolute Gasteiger partial charge is 0.871 e. The number of quaternary nitrogens is 1. The van der Waals surface area contributed by atoms with Gasteiger partial charge in [-0.2, -0.15) is 0 Å². The first-order chi connectivity index (χ1) is 14.9. The fraction of sp³-hybridized carbons (Fsp3) is 0.429. The molecule has 2 aromatic carbocycles. The highest BCUT2D eigenvalue weighted by Gasteiger charge is 2.08. The molecule has 6 nitrogen and oxygen atoms in total. The molecular weight excluding hydrogens is 666 g/mol. The van der Waals surface area contributed by atoms with Crippen molar-refractivity contribution in [2.45, 2.75) is 6.42 Å². The number of rotatable bonds is 2. The van der Waals surface area contributed by atoms with Gasteiger partial charge >= 0.3 is 0 Å². The Morgan fingerprint density at radius 1 is 0.710 bits per heavy atom. The Balaban J connectivity index is 0.000000245. The summed E-state index contributed by atoms with van der Waals surface area (Å²) in [5.41, 5.74) is 2.02. The minimum Gasteiger partial charge on any atom is -0.871 e. The Labute approximate surface area is 216 Å². The van der Waals surface area contributed by atoms with Gasteiger partial charge in [-0.25, -0.2) is 0 Å². The Hall–Kier alpha value is -0.200. The van der Waals surface area contributed by atoms with Crippen molar-refractivity contribution in [2.24, 2.45) is 0 Å². The normalized spacial score (nSPS) is 15.9. The first kappa shape index (κ1) is 27.0. The average Bonchev–Trinajstić information content (AvgIpc) is 2.71. The van der Waals surface area contributed by atoms with E-state index in [1.807, 2.05) is 24.3 Å². The van der Waals surface area contributed by atoms with E-state index in [1.54, 1.807) is 0 Å². The lowest BCUT2D eigenvalue weighted by Gasteiger charge is -2.14. The summed E-state index contributed by atoms with van der Waals surface area (Å²) in [6.45, 7) is 6.42. The molecule has 1 fully saturated rings. The number of halogens is 4. The summed E-state index contributed by atoms with van der Waals surface area (Å²) in [5, 5.41) is 23.5. The molecule has 31 heavy (non-hydrogen) atoms.